The Hall–Kier alpha value is -1.96. The Bertz CT molecular complexity index is 650. The van der Waals surface area contributed by atoms with Crippen molar-refractivity contribution in [2.45, 2.75) is 31.6 Å². The Morgan fingerprint density at radius 3 is 3.10 bits per heavy atom. The van der Waals surface area contributed by atoms with Gasteiger partial charge in [-0.05, 0) is 60.4 Å². The van der Waals surface area contributed by atoms with Crippen molar-refractivity contribution in [2.24, 2.45) is 0 Å². The molecule has 4 rings (SSSR count). The lowest BCUT2D eigenvalue weighted by atomic mass is 9.86. The molecule has 0 fully saturated rings. The first-order valence-electron chi connectivity index (χ1n) is 7.97. The number of hydrogen-bond donors (Lipinski definition) is 1. The highest BCUT2D eigenvalue weighted by Crippen LogP contribution is 2.36. The first-order chi connectivity index (χ1) is 10.4. The Morgan fingerprint density at radius 2 is 2.10 bits per heavy atom. The molecule has 1 N–H and O–H groups in total. The molecule has 0 radical (unpaired) electrons. The van der Waals surface area contributed by atoms with Crippen molar-refractivity contribution in [1.82, 2.24) is 0 Å². The van der Waals surface area contributed by atoms with Crippen LogP contribution in [0.15, 0.2) is 42.5 Å². The number of aryl methyl sites for hydroxylation is 1. The van der Waals surface area contributed by atoms with Gasteiger partial charge in [-0.3, -0.25) is 0 Å². The normalized spacial score (nSPS) is 19.9. The molecule has 0 aromatic heterocycles. The Labute approximate surface area is 126 Å². The Morgan fingerprint density at radius 1 is 1.14 bits per heavy atom. The number of ether oxygens (including phenoxy) is 1. The van der Waals surface area contributed by atoms with Crippen LogP contribution in [0.3, 0.4) is 0 Å². The van der Waals surface area contributed by atoms with Gasteiger partial charge in [0.1, 0.15) is 5.75 Å². The average Bonchev–Trinajstić information content (AvgIpc) is 2.55. The quantitative estimate of drug-likeness (QED) is 0.891. The van der Waals surface area contributed by atoms with Crippen LogP contribution >= 0.6 is 0 Å². The SMILES string of the molecule is c1ccc2c(c1)OCCC2Cc1ccc2c(c1)CCCN2. The summed E-state index contributed by atoms with van der Waals surface area (Å²) in [5, 5.41) is 3.49. The van der Waals surface area contributed by atoms with E-state index in [0.29, 0.717) is 5.92 Å². The van der Waals surface area contributed by atoms with E-state index in [1.165, 1.54) is 35.2 Å². The number of rotatable bonds is 2. The molecule has 1 atom stereocenters. The fraction of sp³-hybridized carbons (Fsp3) is 0.368. The molecule has 108 valence electrons. The molecule has 2 heterocycles. The van der Waals surface area contributed by atoms with Crippen LogP contribution in [0.5, 0.6) is 5.75 Å². The highest BCUT2D eigenvalue weighted by molar-refractivity contribution is 5.54. The third-order valence-electron chi connectivity index (χ3n) is 4.67. The van der Waals surface area contributed by atoms with Gasteiger partial charge >= 0.3 is 0 Å². The van der Waals surface area contributed by atoms with Gasteiger partial charge in [-0.2, -0.15) is 0 Å². The minimum absolute atomic E-state index is 0.588. The van der Waals surface area contributed by atoms with Crippen LogP contribution in [0.2, 0.25) is 0 Å². The fourth-order valence-corrected chi connectivity index (χ4v) is 3.57. The zero-order chi connectivity index (χ0) is 14.1. The summed E-state index contributed by atoms with van der Waals surface area (Å²) in [6.45, 7) is 1.95. The molecule has 0 saturated carbocycles. The van der Waals surface area contributed by atoms with Gasteiger partial charge in [0.05, 0.1) is 6.61 Å². The summed E-state index contributed by atoms with van der Waals surface area (Å²) in [5.74, 6) is 1.66. The molecule has 2 aliphatic rings. The lowest BCUT2D eigenvalue weighted by Gasteiger charge is -2.26. The zero-order valence-corrected chi connectivity index (χ0v) is 12.3. The van der Waals surface area contributed by atoms with Crippen LogP contribution in [0.4, 0.5) is 5.69 Å². The minimum Gasteiger partial charge on any atom is -0.493 e. The highest BCUT2D eigenvalue weighted by atomic mass is 16.5. The van der Waals surface area contributed by atoms with Crippen LogP contribution in [0, 0.1) is 0 Å². The summed E-state index contributed by atoms with van der Waals surface area (Å²) in [6, 6.07) is 15.4. The molecule has 0 amide bonds. The van der Waals surface area contributed by atoms with Crippen molar-refractivity contribution in [3.8, 4) is 5.75 Å². The van der Waals surface area contributed by atoms with Crippen molar-refractivity contribution in [3.63, 3.8) is 0 Å². The van der Waals surface area contributed by atoms with Crippen molar-refractivity contribution in [3.05, 3.63) is 59.2 Å². The second kappa shape index (κ2) is 5.44. The van der Waals surface area contributed by atoms with E-state index in [0.717, 1.165) is 31.7 Å². The zero-order valence-electron chi connectivity index (χ0n) is 12.3. The number of para-hydroxylation sites is 1. The lowest BCUT2D eigenvalue weighted by molar-refractivity contribution is 0.266. The van der Waals surface area contributed by atoms with Crippen molar-refractivity contribution in [2.75, 3.05) is 18.5 Å². The summed E-state index contributed by atoms with van der Waals surface area (Å²) in [7, 11) is 0. The predicted octanol–water partition coefficient (Wildman–Crippen LogP) is 4.15. The molecular weight excluding hydrogens is 258 g/mol. The van der Waals surface area contributed by atoms with Gasteiger partial charge < -0.3 is 10.1 Å². The van der Waals surface area contributed by atoms with Crippen molar-refractivity contribution < 1.29 is 4.74 Å². The predicted molar refractivity (Wildman–Crippen MR) is 86.3 cm³/mol. The van der Waals surface area contributed by atoms with Gasteiger partial charge in [-0.15, -0.1) is 0 Å². The van der Waals surface area contributed by atoms with E-state index in [9.17, 15) is 0 Å². The number of nitrogens with one attached hydrogen (secondary N) is 1. The van der Waals surface area contributed by atoms with Crippen LogP contribution < -0.4 is 10.1 Å². The Kier molecular flexibility index (Phi) is 3.30. The highest BCUT2D eigenvalue weighted by Gasteiger charge is 2.21. The third-order valence-corrected chi connectivity index (χ3v) is 4.67. The first-order valence-corrected chi connectivity index (χ1v) is 7.97. The van der Waals surface area contributed by atoms with E-state index in [4.69, 9.17) is 4.74 Å². The van der Waals surface area contributed by atoms with Gasteiger partial charge in [-0.25, -0.2) is 0 Å². The Balaban J connectivity index is 1.59. The van der Waals surface area contributed by atoms with E-state index in [1.54, 1.807) is 0 Å². The van der Waals surface area contributed by atoms with E-state index in [-0.39, 0.29) is 0 Å². The van der Waals surface area contributed by atoms with Crippen molar-refractivity contribution in [1.29, 1.82) is 0 Å². The first kappa shape index (κ1) is 12.8. The van der Waals surface area contributed by atoms with Crippen LogP contribution in [0.25, 0.3) is 0 Å². The van der Waals surface area contributed by atoms with Gasteiger partial charge in [0, 0.05) is 12.2 Å². The van der Waals surface area contributed by atoms with E-state index >= 15 is 0 Å². The molecule has 1 unspecified atom stereocenters. The maximum Gasteiger partial charge on any atom is 0.122 e. The molecule has 0 spiro atoms. The average molecular weight is 279 g/mol. The molecule has 2 aliphatic heterocycles. The molecule has 2 aromatic carbocycles. The molecule has 0 aliphatic carbocycles. The molecular formula is C19H21NO. The topological polar surface area (TPSA) is 21.3 Å². The van der Waals surface area contributed by atoms with Gasteiger partial charge in [0.25, 0.3) is 0 Å². The second-order valence-corrected chi connectivity index (χ2v) is 6.10. The number of hydrogen-bond acceptors (Lipinski definition) is 2. The maximum absolute atomic E-state index is 5.77. The lowest BCUT2D eigenvalue weighted by Crippen LogP contribution is -2.16. The van der Waals surface area contributed by atoms with E-state index in [2.05, 4.69) is 47.8 Å². The second-order valence-electron chi connectivity index (χ2n) is 6.10. The van der Waals surface area contributed by atoms with Gasteiger partial charge in [-0.1, -0.05) is 30.3 Å². The summed E-state index contributed by atoms with van der Waals surface area (Å²) in [4.78, 5) is 0. The monoisotopic (exact) mass is 279 g/mol. The molecule has 0 bridgehead atoms. The molecule has 2 heteroatoms. The standard InChI is InChI=1S/C19H21NO/c1-2-6-19-17(5-1)15(9-11-21-19)12-14-7-8-18-16(13-14)4-3-10-20-18/h1-2,5-8,13,15,20H,3-4,9-12H2. The van der Waals surface area contributed by atoms with Crippen LogP contribution in [0.1, 0.15) is 35.4 Å². The van der Waals surface area contributed by atoms with Gasteiger partial charge in [0.15, 0.2) is 0 Å². The van der Waals surface area contributed by atoms with Crippen LogP contribution in [-0.2, 0) is 12.8 Å². The maximum atomic E-state index is 5.77. The summed E-state index contributed by atoms with van der Waals surface area (Å²) < 4.78 is 5.77. The van der Waals surface area contributed by atoms with E-state index in [1.807, 2.05) is 0 Å². The van der Waals surface area contributed by atoms with E-state index < -0.39 is 0 Å². The fourth-order valence-electron chi connectivity index (χ4n) is 3.57. The smallest absolute Gasteiger partial charge is 0.122 e. The summed E-state index contributed by atoms with van der Waals surface area (Å²) >= 11 is 0. The number of fused-ring (bicyclic) bond motifs is 2. The third kappa shape index (κ3) is 2.51. The number of benzene rings is 2. The largest absolute Gasteiger partial charge is 0.493 e. The summed E-state index contributed by atoms with van der Waals surface area (Å²) in [6.07, 6.45) is 4.69. The van der Waals surface area contributed by atoms with Gasteiger partial charge in [0.2, 0.25) is 0 Å². The summed E-state index contributed by atoms with van der Waals surface area (Å²) in [5.41, 5.74) is 5.65. The van der Waals surface area contributed by atoms with Crippen LogP contribution in [-0.4, -0.2) is 13.2 Å². The molecule has 21 heavy (non-hydrogen) atoms. The molecule has 2 nitrogen and oxygen atoms in total. The van der Waals surface area contributed by atoms with Crippen molar-refractivity contribution >= 4 is 5.69 Å². The molecule has 0 saturated heterocycles. The number of anilines is 1. The minimum atomic E-state index is 0.588. The molecule has 2 aromatic rings.